The van der Waals surface area contributed by atoms with Crippen molar-refractivity contribution >= 4 is 40.8 Å². The molecule has 0 saturated carbocycles. The normalized spacial score (nSPS) is 20.8. The second-order valence-electron chi connectivity index (χ2n) is 5.92. The highest BCUT2D eigenvalue weighted by molar-refractivity contribution is 6.42. The van der Waals surface area contributed by atoms with Gasteiger partial charge >= 0.3 is 6.03 Å². The van der Waals surface area contributed by atoms with E-state index in [1.807, 2.05) is 13.8 Å². The van der Waals surface area contributed by atoms with Crippen LogP contribution < -0.4 is 10.2 Å². The van der Waals surface area contributed by atoms with Crippen LogP contribution in [0.5, 0.6) is 0 Å². The first-order chi connectivity index (χ1) is 9.08. The minimum Gasteiger partial charge on any atom is -0.331 e. The molecule has 0 spiro atoms. The van der Waals surface area contributed by atoms with E-state index in [2.05, 4.69) is 5.32 Å². The average molecular weight is 315 g/mol. The van der Waals surface area contributed by atoms with Gasteiger partial charge in [0.2, 0.25) is 5.91 Å². The lowest BCUT2D eigenvalue weighted by Gasteiger charge is -2.48. The second kappa shape index (κ2) is 4.64. The highest BCUT2D eigenvalue weighted by Gasteiger charge is 2.52. The molecule has 0 aromatic heterocycles. The van der Waals surface area contributed by atoms with Gasteiger partial charge in [-0.25, -0.2) is 9.69 Å². The van der Waals surface area contributed by atoms with Crippen LogP contribution in [-0.4, -0.2) is 17.5 Å². The van der Waals surface area contributed by atoms with Gasteiger partial charge in [0, 0.05) is 0 Å². The molecule has 1 saturated heterocycles. The van der Waals surface area contributed by atoms with Gasteiger partial charge < -0.3 is 5.32 Å². The van der Waals surface area contributed by atoms with Gasteiger partial charge in [0.25, 0.3) is 0 Å². The van der Waals surface area contributed by atoms with Crippen molar-refractivity contribution in [3.63, 3.8) is 0 Å². The number of rotatable bonds is 1. The van der Waals surface area contributed by atoms with Crippen LogP contribution in [0.4, 0.5) is 10.5 Å². The first-order valence-corrected chi connectivity index (χ1v) is 6.95. The molecule has 1 aliphatic heterocycles. The zero-order valence-electron chi connectivity index (χ0n) is 11.8. The van der Waals surface area contributed by atoms with E-state index >= 15 is 0 Å². The number of imide groups is 1. The van der Waals surface area contributed by atoms with Crippen LogP contribution >= 0.6 is 23.2 Å². The summed E-state index contributed by atoms with van der Waals surface area (Å²) in [7, 11) is 0. The lowest BCUT2D eigenvalue weighted by molar-refractivity contribution is -0.130. The van der Waals surface area contributed by atoms with E-state index in [1.54, 1.807) is 26.0 Å². The van der Waals surface area contributed by atoms with E-state index in [-0.39, 0.29) is 5.91 Å². The Bertz CT molecular complexity index is 597. The number of carbonyl (C=O) groups excluding carboxylic acids is 2. The van der Waals surface area contributed by atoms with Crippen molar-refractivity contribution in [1.82, 2.24) is 5.32 Å². The maximum atomic E-state index is 12.7. The lowest BCUT2D eigenvalue weighted by atomic mass is 9.72. The van der Waals surface area contributed by atoms with E-state index in [0.717, 1.165) is 4.90 Å². The van der Waals surface area contributed by atoms with Crippen LogP contribution in [0.15, 0.2) is 18.2 Å². The fourth-order valence-corrected chi connectivity index (χ4v) is 2.27. The van der Waals surface area contributed by atoms with Crippen molar-refractivity contribution in [2.45, 2.75) is 33.2 Å². The number of anilines is 1. The minimum absolute atomic E-state index is 0.273. The maximum Gasteiger partial charge on any atom is 0.329 e. The number of nitrogens with one attached hydrogen (secondary N) is 1. The van der Waals surface area contributed by atoms with E-state index in [0.29, 0.717) is 15.7 Å². The minimum atomic E-state index is -0.743. The molecule has 0 unspecified atom stereocenters. The summed E-state index contributed by atoms with van der Waals surface area (Å²) in [6.45, 7) is 7.27. The second-order valence-corrected chi connectivity index (χ2v) is 6.73. The van der Waals surface area contributed by atoms with Gasteiger partial charge in [-0.3, -0.25) is 4.79 Å². The van der Waals surface area contributed by atoms with Crippen molar-refractivity contribution in [2.24, 2.45) is 5.41 Å². The van der Waals surface area contributed by atoms with Crippen LogP contribution in [0, 0.1) is 5.41 Å². The maximum absolute atomic E-state index is 12.7. The Kier molecular flexibility index (Phi) is 3.51. The van der Waals surface area contributed by atoms with Gasteiger partial charge in [-0.2, -0.15) is 0 Å². The van der Waals surface area contributed by atoms with Crippen LogP contribution in [0.1, 0.15) is 27.7 Å². The molecule has 0 atom stereocenters. The Labute approximate surface area is 128 Å². The summed E-state index contributed by atoms with van der Waals surface area (Å²) < 4.78 is 0. The summed E-state index contributed by atoms with van der Waals surface area (Å²) in [5.41, 5.74) is -0.966. The number of urea groups is 1. The predicted molar refractivity (Wildman–Crippen MR) is 80.3 cm³/mol. The molecule has 4 nitrogen and oxygen atoms in total. The van der Waals surface area contributed by atoms with Crippen molar-refractivity contribution < 1.29 is 9.59 Å². The molecular weight excluding hydrogens is 299 g/mol. The molecule has 0 aliphatic carbocycles. The van der Waals surface area contributed by atoms with E-state index in [9.17, 15) is 9.59 Å². The summed E-state index contributed by atoms with van der Waals surface area (Å²) >= 11 is 11.8. The number of hydrogen-bond acceptors (Lipinski definition) is 2. The molecule has 0 bridgehead atoms. The number of amides is 3. The lowest BCUT2D eigenvalue weighted by Crippen LogP contribution is -2.69. The Morgan fingerprint density at radius 3 is 2.20 bits per heavy atom. The summed E-state index contributed by atoms with van der Waals surface area (Å²) in [5.74, 6) is -0.273. The molecular formula is C14H16Cl2N2O2. The fourth-order valence-electron chi connectivity index (χ4n) is 1.98. The van der Waals surface area contributed by atoms with Crippen LogP contribution in [0.2, 0.25) is 10.0 Å². The third kappa shape index (κ3) is 2.17. The Balaban J connectivity index is 2.49. The zero-order chi connectivity index (χ0) is 15.3. The highest BCUT2D eigenvalue weighted by atomic mass is 35.5. The standard InChI is InChI=1S/C14H16Cl2N2O2/c1-13(2)11(19)18(12(20)17-14(13,3)4)8-5-6-9(15)10(16)7-8/h5-7H,1-4H3,(H,17,20). The molecule has 1 aromatic rings. The molecule has 2 rings (SSSR count). The third-order valence-corrected chi connectivity index (χ3v) is 4.82. The van der Waals surface area contributed by atoms with Gasteiger partial charge in [0.05, 0.1) is 26.7 Å². The van der Waals surface area contributed by atoms with Gasteiger partial charge in [-0.15, -0.1) is 0 Å². The average Bonchev–Trinajstić information content (AvgIpc) is 2.31. The molecule has 20 heavy (non-hydrogen) atoms. The molecule has 108 valence electrons. The topological polar surface area (TPSA) is 49.4 Å². The largest absolute Gasteiger partial charge is 0.331 e. The van der Waals surface area contributed by atoms with Crippen LogP contribution in [0.25, 0.3) is 0 Å². The number of nitrogens with zero attached hydrogens (tertiary/aromatic N) is 1. The van der Waals surface area contributed by atoms with E-state index in [4.69, 9.17) is 23.2 Å². The highest BCUT2D eigenvalue weighted by Crippen LogP contribution is 2.38. The number of carbonyl (C=O) groups is 2. The molecule has 0 radical (unpaired) electrons. The fraction of sp³-hybridized carbons (Fsp3) is 0.429. The molecule has 1 N–H and O–H groups in total. The molecule has 1 aliphatic rings. The number of benzene rings is 1. The summed E-state index contributed by atoms with van der Waals surface area (Å²) in [6, 6.07) is 4.21. The van der Waals surface area contributed by atoms with Gasteiger partial charge in [0.15, 0.2) is 0 Å². The van der Waals surface area contributed by atoms with E-state index in [1.165, 1.54) is 6.07 Å². The van der Waals surface area contributed by atoms with Gasteiger partial charge in [-0.05, 0) is 45.9 Å². The molecule has 3 amide bonds. The molecule has 1 heterocycles. The number of hydrogen-bond donors (Lipinski definition) is 1. The first kappa shape index (κ1) is 15.1. The zero-order valence-corrected chi connectivity index (χ0v) is 13.3. The SMILES string of the molecule is CC1(C)NC(=O)N(c2ccc(Cl)c(Cl)c2)C(=O)C1(C)C. The summed E-state index contributed by atoms with van der Waals surface area (Å²) in [4.78, 5) is 26.0. The first-order valence-electron chi connectivity index (χ1n) is 6.20. The van der Waals surface area contributed by atoms with Gasteiger partial charge in [-0.1, -0.05) is 23.2 Å². The molecule has 1 aromatic carbocycles. The predicted octanol–water partition coefficient (Wildman–Crippen LogP) is 3.85. The van der Waals surface area contributed by atoms with E-state index < -0.39 is 17.0 Å². The van der Waals surface area contributed by atoms with Crippen molar-refractivity contribution in [1.29, 1.82) is 0 Å². The number of halogens is 2. The van der Waals surface area contributed by atoms with Crippen LogP contribution in [0.3, 0.4) is 0 Å². The van der Waals surface area contributed by atoms with Gasteiger partial charge in [0.1, 0.15) is 0 Å². The molecule has 1 fully saturated rings. The Hall–Kier alpha value is -1.26. The summed E-state index contributed by atoms with van der Waals surface area (Å²) in [5, 5.41) is 3.52. The molecule has 6 heteroatoms. The Morgan fingerprint density at radius 2 is 1.65 bits per heavy atom. The quantitative estimate of drug-likeness (QED) is 0.855. The summed E-state index contributed by atoms with van der Waals surface area (Å²) in [6.07, 6.45) is 0. The van der Waals surface area contributed by atoms with Crippen molar-refractivity contribution in [3.05, 3.63) is 28.2 Å². The van der Waals surface area contributed by atoms with Crippen molar-refractivity contribution in [2.75, 3.05) is 4.90 Å². The Morgan fingerprint density at radius 1 is 1.05 bits per heavy atom. The third-order valence-electron chi connectivity index (χ3n) is 4.08. The van der Waals surface area contributed by atoms with Crippen molar-refractivity contribution in [3.8, 4) is 0 Å². The monoisotopic (exact) mass is 314 g/mol. The smallest absolute Gasteiger partial charge is 0.329 e. The van der Waals surface area contributed by atoms with Crippen LogP contribution in [-0.2, 0) is 4.79 Å².